The molecule has 1 aromatic rings. The maximum absolute atomic E-state index is 12.8. The van der Waals surface area contributed by atoms with Crippen LogP contribution >= 0.6 is 0 Å². The van der Waals surface area contributed by atoms with Gasteiger partial charge in [0.2, 0.25) is 0 Å². The van der Waals surface area contributed by atoms with Gasteiger partial charge in [0.05, 0.1) is 6.10 Å². The Hall–Kier alpha value is -1.00. The van der Waals surface area contributed by atoms with Crippen LogP contribution in [0, 0.1) is 11.6 Å². The van der Waals surface area contributed by atoms with Gasteiger partial charge in [-0.25, -0.2) is 8.78 Å². The molecular weight excluding hydrogens is 188 g/mol. The molecule has 1 aromatic carbocycles. The number of halogens is 2. The lowest BCUT2D eigenvalue weighted by Gasteiger charge is -2.17. The molecule has 0 saturated heterocycles. The number of aliphatic hydroxyl groups excluding tert-OH is 1. The highest BCUT2D eigenvalue weighted by Crippen LogP contribution is 2.19. The van der Waals surface area contributed by atoms with E-state index in [4.69, 9.17) is 5.73 Å². The standard InChI is InChI=1S/C10H13F2NO/c1-2-9(13)10(14)6-3-4-7(11)8(12)5-6/h3-5,9-10,14H,2,13H2,1H3. The fraction of sp³-hybridized carbons (Fsp3) is 0.400. The Labute approximate surface area is 81.4 Å². The summed E-state index contributed by atoms with van der Waals surface area (Å²) >= 11 is 0. The van der Waals surface area contributed by atoms with Gasteiger partial charge in [-0.2, -0.15) is 0 Å². The molecule has 0 aliphatic carbocycles. The predicted molar refractivity (Wildman–Crippen MR) is 49.6 cm³/mol. The summed E-state index contributed by atoms with van der Waals surface area (Å²) in [6, 6.07) is 2.82. The number of benzene rings is 1. The summed E-state index contributed by atoms with van der Waals surface area (Å²) in [6.45, 7) is 1.81. The van der Waals surface area contributed by atoms with E-state index >= 15 is 0 Å². The van der Waals surface area contributed by atoms with Gasteiger partial charge >= 0.3 is 0 Å². The smallest absolute Gasteiger partial charge is 0.159 e. The minimum atomic E-state index is -0.968. The van der Waals surface area contributed by atoms with E-state index in [0.717, 1.165) is 12.1 Å². The highest BCUT2D eigenvalue weighted by molar-refractivity contribution is 5.21. The lowest BCUT2D eigenvalue weighted by Crippen LogP contribution is -2.27. The quantitative estimate of drug-likeness (QED) is 0.782. The molecule has 1 rings (SSSR count). The van der Waals surface area contributed by atoms with E-state index in [9.17, 15) is 13.9 Å². The largest absolute Gasteiger partial charge is 0.387 e. The fourth-order valence-corrected chi connectivity index (χ4v) is 1.17. The summed E-state index contributed by atoms with van der Waals surface area (Å²) in [4.78, 5) is 0. The maximum Gasteiger partial charge on any atom is 0.159 e. The maximum atomic E-state index is 12.8. The SMILES string of the molecule is CCC(N)C(O)c1ccc(F)c(F)c1. The van der Waals surface area contributed by atoms with E-state index in [-0.39, 0.29) is 0 Å². The molecule has 0 aliphatic heterocycles. The second-order valence-electron chi connectivity index (χ2n) is 3.19. The molecule has 14 heavy (non-hydrogen) atoms. The molecule has 2 unspecified atom stereocenters. The zero-order valence-corrected chi connectivity index (χ0v) is 7.87. The lowest BCUT2D eigenvalue weighted by atomic mass is 10.0. The Morgan fingerprint density at radius 2 is 2.00 bits per heavy atom. The average molecular weight is 201 g/mol. The van der Waals surface area contributed by atoms with Crippen molar-refractivity contribution < 1.29 is 13.9 Å². The van der Waals surface area contributed by atoms with Crippen molar-refractivity contribution in [2.75, 3.05) is 0 Å². The molecule has 0 bridgehead atoms. The van der Waals surface area contributed by atoms with Crippen molar-refractivity contribution >= 4 is 0 Å². The van der Waals surface area contributed by atoms with Crippen molar-refractivity contribution in [2.45, 2.75) is 25.5 Å². The minimum absolute atomic E-state index is 0.304. The van der Waals surface area contributed by atoms with E-state index in [2.05, 4.69) is 0 Å². The Morgan fingerprint density at radius 3 is 2.50 bits per heavy atom. The minimum Gasteiger partial charge on any atom is -0.387 e. The van der Waals surface area contributed by atoms with Gasteiger partial charge in [0, 0.05) is 6.04 Å². The molecule has 78 valence electrons. The third-order valence-electron chi connectivity index (χ3n) is 2.16. The summed E-state index contributed by atoms with van der Waals surface area (Å²) in [5.41, 5.74) is 5.87. The van der Waals surface area contributed by atoms with Crippen molar-refractivity contribution in [1.29, 1.82) is 0 Å². The number of rotatable bonds is 3. The third-order valence-corrected chi connectivity index (χ3v) is 2.16. The molecular formula is C10H13F2NO. The Bertz CT molecular complexity index is 317. The molecule has 0 radical (unpaired) electrons. The van der Waals surface area contributed by atoms with Crippen molar-refractivity contribution in [2.24, 2.45) is 5.73 Å². The zero-order chi connectivity index (χ0) is 10.7. The molecule has 4 heteroatoms. The number of hydrogen-bond donors (Lipinski definition) is 2. The van der Waals surface area contributed by atoms with Crippen molar-refractivity contribution in [1.82, 2.24) is 0 Å². The molecule has 0 fully saturated rings. The average Bonchev–Trinajstić information content (AvgIpc) is 2.20. The molecule has 0 saturated carbocycles. The van der Waals surface area contributed by atoms with Crippen LogP contribution in [-0.2, 0) is 0 Å². The van der Waals surface area contributed by atoms with Gasteiger partial charge in [0.1, 0.15) is 0 Å². The van der Waals surface area contributed by atoms with Crippen LogP contribution in [0.5, 0.6) is 0 Å². The first kappa shape index (κ1) is 11.1. The topological polar surface area (TPSA) is 46.2 Å². The number of hydrogen-bond acceptors (Lipinski definition) is 2. The van der Waals surface area contributed by atoms with Gasteiger partial charge in [-0.3, -0.25) is 0 Å². The first-order valence-corrected chi connectivity index (χ1v) is 4.44. The van der Waals surface area contributed by atoms with Crippen molar-refractivity contribution in [3.63, 3.8) is 0 Å². The Kier molecular flexibility index (Phi) is 3.55. The molecule has 0 aliphatic rings. The molecule has 0 amide bonds. The Balaban J connectivity index is 2.91. The zero-order valence-electron chi connectivity index (χ0n) is 7.87. The van der Waals surface area contributed by atoms with Crippen LogP contribution < -0.4 is 5.73 Å². The summed E-state index contributed by atoms with van der Waals surface area (Å²) in [5, 5.41) is 9.59. The van der Waals surface area contributed by atoms with Crippen LogP contribution in [-0.4, -0.2) is 11.1 Å². The highest BCUT2D eigenvalue weighted by atomic mass is 19.2. The summed E-state index contributed by atoms with van der Waals surface area (Å²) in [7, 11) is 0. The van der Waals surface area contributed by atoms with Crippen molar-refractivity contribution in [3.8, 4) is 0 Å². The van der Waals surface area contributed by atoms with Crippen LogP contribution in [0.25, 0.3) is 0 Å². The van der Waals surface area contributed by atoms with E-state index < -0.39 is 23.8 Å². The number of nitrogens with two attached hydrogens (primary N) is 1. The molecule has 0 spiro atoms. The normalized spacial score (nSPS) is 15.2. The van der Waals surface area contributed by atoms with Gasteiger partial charge in [-0.1, -0.05) is 13.0 Å². The van der Waals surface area contributed by atoms with Gasteiger partial charge in [0.25, 0.3) is 0 Å². The molecule has 0 aromatic heterocycles. The van der Waals surface area contributed by atoms with Crippen molar-refractivity contribution in [3.05, 3.63) is 35.4 Å². The van der Waals surface area contributed by atoms with Crippen LogP contribution in [0.15, 0.2) is 18.2 Å². The van der Waals surface area contributed by atoms with E-state index in [0.29, 0.717) is 12.0 Å². The van der Waals surface area contributed by atoms with E-state index in [1.165, 1.54) is 6.07 Å². The summed E-state index contributed by atoms with van der Waals surface area (Å²) < 4.78 is 25.3. The van der Waals surface area contributed by atoms with Gasteiger partial charge < -0.3 is 10.8 Å². The predicted octanol–water partition coefficient (Wildman–Crippen LogP) is 1.74. The monoisotopic (exact) mass is 201 g/mol. The van der Waals surface area contributed by atoms with Gasteiger partial charge in [-0.15, -0.1) is 0 Å². The lowest BCUT2D eigenvalue weighted by molar-refractivity contribution is 0.144. The molecule has 2 atom stereocenters. The van der Waals surface area contributed by atoms with Crippen LogP contribution in [0.3, 0.4) is 0 Å². The summed E-state index contributed by atoms with van der Waals surface area (Å²) in [6.07, 6.45) is -0.379. The second-order valence-corrected chi connectivity index (χ2v) is 3.19. The Morgan fingerprint density at radius 1 is 1.36 bits per heavy atom. The molecule has 3 N–H and O–H groups in total. The molecule has 2 nitrogen and oxygen atoms in total. The van der Waals surface area contributed by atoms with E-state index in [1.54, 1.807) is 0 Å². The molecule has 0 heterocycles. The van der Waals surface area contributed by atoms with Crippen LogP contribution in [0.4, 0.5) is 8.78 Å². The van der Waals surface area contributed by atoms with Gasteiger partial charge in [0.15, 0.2) is 11.6 Å². The first-order chi connectivity index (χ1) is 6.56. The third kappa shape index (κ3) is 2.27. The summed E-state index contributed by atoms with van der Waals surface area (Å²) in [5.74, 6) is -1.89. The van der Waals surface area contributed by atoms with E-state index in [1.807, 2.05) is 6.92 Å². The first-order valence-electron chi connectivity index (χ1n) is 4.44. The second kappa shape index (κ2) is 4.48. The van der Waals surface area contributed by atoms with Crippen LogP contribution in [0.2, 0.25) is 0 Å². The highest BCUT2D eigenvalue weighted by Gasteiger charge is 2.16. The van der Waals surface area contributed by atoms with Crippen LogP contribution in [0.1, 0.15) is 25.0 Å². The van der Waals surface area contributed by atoms with Gasteiger partial charge in [-0.05, 0) is 24.1 Å². The number of aliphatic hydroxyl groups is 1. The fourth-order valence-electron chi connectivity index (χ4n) is 1.17.